The fraction of sp³-hybridized carbons (Fsp3) is 0.207. The average molecular weight is 450 g/mol. The van der Waals surface area contributed by atoms with Crippen LogP contribution in [0.3, 0.4) is 0 Å². The number of esters is 1. The van der Waals surface area contributed by atoms with Crippen LogP contribution in [0, 0.1) is 12.3 Å². The lowest BCUT2D eigenvalue weighted by Crippen LogP contribution is -2.48. The number of rotatable bonds is 2. The summed E-state index contributed by atoms with van der Waals surface area (Å²) in [5.74, 6) is -1.64. The molecule has 1 saturated heterocycles. The molecule has 1 fully saturated rings. The fourth-order valence-corrected chi connectivity index (χ4v) is 6.16. The molecule has 2 heterocycles. The predicted octanol–water partition coefficient (Wildman–Crippen LogP) is 4.60. The second kappa shape index (κ2) is 7.26. The smallest absolute Gasteiger partial charge is 0.329 e. The van der Waals surface area contributed by atoms with Crippen LogP contribution in [-0.2, 0) is 9.53 Å². The molecule has 3 atom stereocenters. The minimum Gasteiger partial charge on any atom is -0.467 e. The van der Waals surface area contributed by atoms with E-state index in [0.717, 1.165) is 22.4 Å². The van der Waals surface area contributed by atoms with Crippen molar-refractivity contribution >= 4 is 29.3 Å². The Kier molecular flexibility index (Phi) is 4.40. The van der Waals surface area contributed by atoms with E-state index in [0.29, 0.717) is 11.1 Å². The second-order valence-electron chi connectivity index (χ2n) is 9.20. The van der Waals surface area contributed by atoms with Crippen LogP contribution in [-0.4, -0.2) is 36.7 Å². The van der Waals surface area contributed by atoms with Crippen LogP contribution in [0.2, 0.25) is 0 Å². The highest BCUT2D eigenvalue weighted by Crippen LogP contribution is 2.60. The Morgan fingerprint density at radius 3 is 2.15 bits per heavy atom. The molecule has 0 aromatic heterocycles. The van der Waals surface area contributed by atoms with Gasteiger partial charge in [-0.2, -0.15) is 0 Å². The van der Waals surface area contributed by atoms with Gasteiger partial charge in [-0.3, -0.25) is 9.59 Å². The number of hydrogen-bond acceptors (Lipinski definition) is 5. The topological polar surface area (TPSA) is 63.7 Å². The lowest BCUT2D eigenvalue weighted by atomic mass is 9.64. The molecule has 168 valence electrons. The van der Waals surface area contributed by atoms with Gasteiger partial charge in [0.25, 0.3) is 0 Å². The number of carbonyl (C=O) groups is 3. The van der Waals surface area contributed by atoms with E-state index in [-0.39, 0.29) is 11.6 Å². The van der Waals surface area contributed by atoms with Gasteiger partial charge >= 0.3 is 5.97 Å². The number of nitrogens with zero attached hydrogens (tertiary/aromatic N) is 1. The molecular formula is C29H23NO4. The number of aryl methyl sites for hydroxylation is 1. The lowest BCUT2D eigenvalue weighted by molar-refractivity contribution is -0.142. The van der Waals surface area contributed by atoms with Crippen LogP contribution in [0.25, 0.3) is 6.08 Å². The van der Waals surface area contributed by atoms with Crippen molar-refractivity contribution in [3.8, 4) is 0 Å². The molecule has 0 saturated carbocycles. The molecule has 0 radical (unpaired) electrons. The predicted molar refractivity (Wildman–Crippen MR) is 129 cm³/mol. The SMILES string of the molecule is COC(=O)[C@@H]1[C@H](c2ccc(C)cc2)C2(C(=O)c3ccccc3C2=O)[C@H]2C=Cc3ccccc3N12. The van der Waals surface area contributed by atoms with Crippen molar-refractivity contribution in [1.29, 1.82) is 0 Å². The van der Waals surface area contributed by atoms with Crippen molar-refractivity contribution in [3.05, 3.63) is 107 Å². The number of Topliss-reactive ketones (excluding diaryl/α,β-unsaturated/α-hetero) is 2. The lowest BCUT2D eigenvalue weighted by Gasteiger charge is -2.36. The van der Waals surface area contributed by atoms with Crippen molar-refractivity contribution in [1.82, 2.24) is 0 Å². The third-order valence-electron chi connectivity index (χ3n) is 7.59. The van der Waals surface area contributed by atoms with Gasteiger partial charge in [0, 0.05) is 22.7 Å². The van der Waals surface area contributed by atoms with E-state index < -0.39 is 29.4 Å². The number of methoxy groups -OCH3 is 1. The first kappa shape index (κ1) is 20.6. The van der Waals surface area contributed by atoms with Crippen LogP contribution in [0.1, 0.15) is 43.3 Å². The molecule has 3 aromatic carbocycles. The van der Waals surface area contributed by atoms with Gasteiger partial charge < -0.3 is 9.64 Å². The number of para-hydroxylation sites is 1. The first-order chi connectivity index (χ1) is 16.5. The summed E-state index contributed by atoms with van der Waals surface area (Å²) >= 11 is 0. The molecule has 0 unspecified atom stereocenters. The van der Waals surface area contributed by atoms with Gasteiger partial charge in [0.1, 0.15) is 11.5 Å². The van der Waals surface area contributed by atoms with E-state index in [1.54, 1.807) is 24.3 Å². The molecule has 1 aliphatic carbocycles. The summed E-state index contributed by atoms with van der Waals surface area (Å²) in [6.45, 7) is 1.98. The van der Waals surface area contributed by atoms with E-state index in [2.05, 4.69) is 0 Å². The molecule has 0 bridgehead atoms. The Balaban J connectivity index is 1.69. The van der Waals surface area contributed by atoms with Gasteiger partial charge in [0.15, 0.2) is 11.6 Å². The normalized spacial score (nSPS) is 23.6. The molecule has 3 aromatic rings. The number of ketones is 2. The monoisotopic (exact) mass is 449 g/mol. The fourth-order valence-electron chi connectivity index (χ4n) is 6.16. The van der Waals surface area contributed by atoms with Gasteiger partial charge in [0.2, 0.25) is 0 Å². The van der Waals surface area contributed by atoms with E-state index in [9.17, 15) is 14.4 Å². The quantitative estimate of drug-likeness (QED) is 0.423. The summed E-state index contributed by atoms with van der Waals surface area (Å²) in [5, 5.41) is 0. The van der Waals surface area contributed by atoms with Gasteiger partial charge in [-0.15, -0.1) is 0 Å². The minimum absolute atomic E-state index is 0.232. The molecule has 0 N–H and O–H groups in total. The summed E-state index contributed by atoms with van der Waals surface area (Å²) in [7, 11) is 1.35. The summed E-state index contributed by atoms with van der Waals surface area (Å²) in [4.78, 5) is 43.9. The highest BCUT2D eigenvalue weighted by molar-refractivity contribution is 6.32. The Labute approximate surface area is 197 Å². The number of ether oxygens (including phenoxy) is 1. The Hall–Kier alpha value is -3.99. The maximum Gasteiger partial charge on any atom is 0.329 e. The zero-order chi connectivity index (χ0) is 23.6. The molecule has 0 amide bonds. The van der Waals surface area contributed by atoms with Crippen molar-refractivity contribution in [2.45, 2.75) is 24.9 Å². The van der Waals surface area contributed by atoms with Crippen LogP contribution in [0.5, 0.6) is 0 Å². The van der Waals surface area contributed by atoms with Crippen molar-refractivity contribution < 1.29 is 19.1 Å². The van der Waals surface area contributed by atoms with E-state index in [1.165, 1.54) is 7.11 Å². The Morgan fingerprint density at radius 1 is 0.882 bits per heavy atom. The molecule has 2 aliphatic heterocycles. The second-order valence-corrected chi connectivity index (χ2v) is 9.20. The summed E-state index contributed by atoms with van der Waals surface area (Å²) in [6, 6.07) is 21.0. The molecule has 1 spiro atoms. The highest BCUT2D eigenvalue weighted by Gasteiger charge is 2.71. The molecule has 5 nitrogen and oxygen atoms in total. The van der Waals surface area contributed by atoms with Crippen LogP contribution in [0.15, 0.2) is 78.9 Å². The Bertz CT molecular complexity index is 1350. The number of benzene rings is 3. The van der Waals surface area contributed by atoms with Crippen molar-refractivity contribution in [2.24, 2.45) is 5.41 Å². The standard InChI is InChI=1S/C29H23NO4/c1-17-11-13-19(14-12-17)24-25(28(33)34-2)30-22-10-6-3-7-18(22)15-16-23(30)29(24)26(31)20-8-4-5-9-21(20)27(29)32/h3-16,23-25H,1-2H3/t23-,24+,25+/m1/s1. The van der Waals surface area contributed by atoms with Gasteiger partial charge in [-0.1, -0.05) is 84.4 Å². The molecule has 5 heteroatoms. The largest absolute Gasteiger partial charge is 0.467 e. The number of anilines is 1. The highest BCUT2D eigenvalue weighted by atomic mass is 16.5. The third kappa shape index (κ3) is 2.47. The number of hydrogen-bond donors (Lipinski definition) is 0. The Morgan fingerprint density at radius 2 is 1.50 bits per heavy atom. The van der Waals surface area contributed by atoms with E-state index in [1.807, 2.05) is 72.5 Å². The van der Waals surface area contributed by atoms with Gasteiger partial charge in [-0.25, -0.2) is 4.79 Å². The van der Waals surface area contributed by atoms with E-state index in [4.69, 9.17) is 4.74 Å². The average Bonchev–Trinajstić information content (AvgIpc) is 3.31. The van der Waals surface area contributed by atoms with Gasteiger partial charge in [0.05, 0.1) is 13.2 Å². The number of carbonyl (C=O) groups excluding carboxylic acids is 3. The summed E-state index contributed by atoms with van der Waals surface area (Å²) < 4.78 is 5.30. The van der Waals surface area contributed by atoms with Gasteiger partial charge in [-0.05, 0) is 24.1 Å². The van der Waals surface area contributed by atoms with Crippen LogP contribution in [0.4, 0.5) is 5.69 Å². The number of fused-ring (bicyclic) bond motifs is 5. The molecule has 3 aliphatic rings. The minimum atomic E-state index is -1.47. The molecule has 34 heavy (non-hydrogen) atoms. The zero-order valence-corrected chi connectivity index (χ0v) is 18.9. The van der Waals surface area contributed by atoms with E-state index >= 15 is 0 Å². The first-order valence-corrected chi connectivity index (χ1v) is 11.4. The first-order valence-electron chi connectivity index (χ1n) is 11.4. The maximum absolute atomic E-state index is 14.3. The molecular weight excluding hydrogens is 426 g/mol. The summed E-state index contributed by atoms with van der Waals surface area (Å²) in [5.41, 5.74) is 2.95. The molecule has 6 rings (SSSR count). The van der Waals surface area contributed by atoms with Crippen molar-refractivity contribution in [3.63, 3.8) is 0 Å². The zero-order valence-electron chi connectivity index (χ0n) is 18.9. The van der Waals surface area contributed by atoms with Crippen molar-refractivity contribution in [2.75, 3.05) is 12.0 Å². The third-order valence-corrected chi connectivity index (χ3v) is 7.59. The maximum atomic E-state index is 14.3. The van der Waals surface area contributed by atoms with Crippen LogP contribution < -0.4 is 4.90 Å². The summed E-state index contributed by atoms with van der Waals surface area (Å²) in [6.07, 6.45) is 3.86. The van der Waals surface area contributed by atoms with Crippen LogP contribution >= 0.6 is 0 Å².